The van der Waals surface area contributed by atoms with Gasteiger partial charge in [-0.15, -0.1) is 12.4 Å². The van der Waals surface area contributed by atoms with Crippen LogP contribution in [0.5, 0.6) is 11.5 Å². The third-order valence-corrected chi connectivity index (χ3v) is 4.17. The van der Waals surface area contributed by atoms with Gasteiger partial charge in [-0.05, 0) is 42.3 Å². The summed E-state index contributed by atoms with van der Waals surface area (Å²) < 4.78 is 11.4. The number of ether oxygens (including phenoxy) is 2. The Kier molecular flexibility index (Phi) is 7.72. The number of rotatable bonds is 7. The quantitative estimate of drug-likeness (QED) is 0.544. The van der Waals surface area contributed by atoms with Gasteiger partial charge in [0.2, 0.25) is 5.95 Å². The molecule has 0 aliphatic rings. The van der Waals surface area contributed by atoms with Gasteiger partial charge in [0.15, 0.2) is 11.6 Å². The summed E-state index contributed by atoms with van der Waals surface area (Å²) in [5, 5.41) is 0.725. The second-order valence-corrected chi connectivity index (χ2v) is 6.40. The van der Waals surface area contributed by atoms with E-state index in [0.717, 1.165) is 21.9 Å². The molecule has 0 spiro atoms. The van der Waals surface area contributed by atoms with E-state index >= 15 is 0 Å². The summed E-state index contributed by atoms with van der Waals surface area (Å²) >= 11 is 5.92. The second kappa shape index (κ2) is 10.0. The summed E-state index contributed by atoms with van der Waals surface area (Å²) in [6.45, 7) is 2.75. The molecule has 0 bridgehead atoms. The molecule has 3 aromatic rings. The predicted octanol–water partition coefficient (Wildman–Crippen LogP) is 4.54. The van der Waals surface area contributed by atoms with Crippen molar-refractivity contribution in [2.75, 3.05) is 24.7 Å². The van der Waals surface area contributed by atoms with Crippen molar-refractivity contribution >= 4 is 35.8 Å². The van der Waals surface area contributed by atoms with E-state index in [0.29, 0.717) is 31.1 Å². The van der Waals surface area contributed by atoms with Crippen LogP contribution in [0.25, 0.3) is 11.1 Å². The first-order chi connectivity index (χ1) is 13.0. The molecule has 0 unspecified atom stereocenters. The van der Waals surface area contributed by atoms with Crippen molar-refractivity contribution in [3.05, 3.63) is 59.2 Å². The van der Waals surface area contributed by atoms with Gasteiger partial charge in [0.25, 0.3) is 0 Å². The molecule has 0 saturated carbocycles. The van der Waals surface area contributed by atoms with Crippen LogP contribution in [-0.4, -0.2) is 23.2 Å². The number of nitrogens with zero attached hydrogens (tertiary/aromatic N) is 2. The zero-order valence-corrected chi connectivity index (χ0v) is 17.0. The molecule has 1 aromatic heterocycles. The second-order valence-electron chi connectivity index (χ2n) is 5.96. The highest BCUT2D eigenvalue weighted by molar-refractivity contribution is 6.30. The van der Waals surface area contributed by atoms with Crippen LogP contribution in [0.3, 0.4) is 0 Å². The maximum absolute atomic E-state index is 5.92. The van der Waals surface area contributed by atoms with E-state index in [2.05, 4.69) is 9.97 Å². The summed E-state index contributed by atoms with van der Waals surface area (Å²) in [5.41, 5.74) is 14.2. The van der Waals surface area contributed by atoms with Gasteiger partial charge >= 0.3 is 0 Å². The highest BCUT2D eigenvalue weighted by Gasteiger charge is 2.09. The van der Waals surface area contributed by atoms with Crippen LogP contribution in [0.1, 0.15) is 12.1 Å². The Morgan fingerprint density at radius 1 is 0.857 bits per heavy atom. The van der Waals surface area contributed by atoms with E-state index in [9.17, 15) is 0 Å². The van der Waals surface area contributed by atoms with Crippen molar-refractivity contribution in [2.24, 2.45) is 0 Å². The molecular weight excluding hydrogens is 399 g/mol. The van der Waals surface area contributed by atoms with Crippen molar-refractivity contribution in [3.63, 3.8) is 0 Å². The van der Waals surface area contributed by atoms with Crippen molar-refractivity contribution < 1.29 is 9.47 Å². The van der Waals surface area contributed by atoms with Gasteiger partial charge in [0, 0.05) is 11.4 Å². The first-order valence-electron chi connectivity index (χ1n) is 8.54. The van der Waals surface area contributed by atoms with Gasteiger partial charge in [0.1, 0.15) is 5.75 Å². The Bertz CT molecular complexity index is 880. The van der Waals surface area contributed by atoms with E-state index in [1.54, 1.807) is 6.92 Å². The molecule has 28 heavy (non-hydrogen) atoms. The van der Waals surface area contributed by atoms with E-state index in [-0.39, 0.29) is 24.2 Å². The first-order valence-corrected chi connectivity index (χ1v) is 8.92. The van der Waals surface area contributed by atoms with Crippen LogP contribution in [-0.2, 0) is 0 Å². The average Bonchev–Trinajstić information content (AvgIpc) is 2.64. The summed E-state index contributed by atoms with van der Waals surface area (Å²) in [7, 11) is 0. The highest BCUT2D eigenvalue weighted by Crippen LogP contribution is 2.25. The van der Waals surface area contributed by atoms with Crippen LogP contribution in [0.15, 0.2) is 48.5 Å². The number of benzene rings is 2. The van der Waals surface area contributed by atoms with E-state index in [1.807, 2.05) is 48.5 Å². The molecule has 6 nitrogen and oxygen atoms in total. The Labute approximate surface area is 175 Å². The molecule has 4 N–H and O–H groups in total. The third kappa shape index (κ3) is 5.65. The summed E-state index contributed by atoms with van der Waals surface area (Å²) in [5.74, 6) is 1.66. The predicted molar refractivity (Wildman–Crippen MR) is 115 cm³/mol. The minimum absolute atomic E-state index is 0. The van der Waals surface area contributed by atoms with Gasteiger partial charge in [-0.3, -0.25) is 0 Å². The maximum Gasteiger partial charge on any atom is 0.222 e. The minimum Gasteiger partial charge on any atom is -0.493 e. The van der Waals surface area contributed by atoms with Crippen LogP contribution >= 0.6 is 24.0 Å². The number of halogens is 2. The summed E-state index contributed by atoms with van der Waals surface area (Å²) in [6, 6.07) is 15.7. The first kappa shape index (κ1) is 21.6. The van der Waals surface area contributed by atoms with Crippen molar-refractivity contribution in [3.8, 4) is 22.6 Å². The van der Waals surface area contributed by atoms with Gasteiger partial charge < -0.3 is 20.9 Å². The highest BCUT2D eigenvalue weighted by atomic mass is 35.5. The molecule has 0 aliphatic heterocycles. The fourth-order valence-corrected chi connectivity index (χ4v) is 2.72. The number of anilines is 2. The standard InChI is InChI=1S/C20H21ClN4O2.ClH/c1-13-18(19(22)25-20(23)24-13)27-12-2-11-26-17-9-5-15(6-10-17)14-3-7-16(21)8-4-14;/h3-10H,2,11-12H2,1H3,(H4,22,23,24,25);1H. The fourth-order valence-electron chi connectivity index (χ4n) is 2.59. The normalized spacial score (nSPS) is 10.2. The SMILES string of the molecule is Cc1nc(N)nc(N)c1OCCCOc1ccc(-c2ccc(Cl)cc2)cc1.Cl. The number of aryl methyl sites for hydroxylation is 1. The van der Waals surface area contributed by atoms with Gasteiger partial charge in [-0.1, -0.05) is 35.9 Å². The van der Waals surface area contributed by atoms with E-state index in [1.165, 1.54) is 0 Å². The van der Waals surface area contributed by atoms with Crippen LogP contribution in [0.2, 0.25) is 5.02 Å². The van der Waals surface area contributed by atoms with E-state index in [4.69, 9.17) is 32.5 Å². The monoisotopic (exact) mass is 420 g/mol. The Morgan fingerprint density at radius 3 is 2.04 bits per heavy atom. The average molecular weight is 421 g/mol. The Morgan fingerprint density at radius 2 is 1.43 bits per heavy atom. The molecular formula is C20H22Cl2N4O2. The molecule has 0 aliphatic carbocycles. The maximum atomic E-state index is 5.92. The molecule has 0 amide bonds. The van der Waals surface area contributed by atoms with Gasteiger partial charge in [-0.2, -0.15) is 4.98 Å². The number of aromatic nitrogens is 2. The fraction of sp³-hybridized carbons (Fsp3) is 0.200. The lowest BCUT2D eigenvalue weighted by atomic mass is 10.1. The zero-order chi connectivity index (χ0) is 19.2. The lowest BCUT2D eigenvalue weighted by molar-refractivity contribution is 0.246. The van der Waals surface area contributed by atoms with Gasteiger partial charge in [-0.25, -0.2) is 4.98 Å². The molecule has 1 heterocycles. The molecule has 2 aromatic carbocycles. The van der Waals surface area contributed by atoms with Crippen molar-refractivity contribution in [1.82, 2.24) is 9.97 Å². The summed E-state index contributed by atoms with van der Waals surface area (Å²) in [4.78, 5) is 7.94. The van der Waals surface area contributed by atoms with Crippen LogP contribution in [0.4, 0.5) is 11.8 Å². The van der Waals surface area contributed by atoms with Gasteiger partial charge in [0.05, 0.1) is 18.9 Å². The number of nitrogen functional groups attached to an aromatic ring is 2. The third-order valence-electron chi connectivity index (χ3n) is 3.91. The van der Waals surface area contributed by atoms with Crippen molar-refractivity contribution in [1.29, 1.82) is 0 Å². The number of hydrogen-bond donors (Lipinski definition) is 2. The van der Waals surface area contributed by atoms with Crippen LogP contribution in [0, 0.1) is 6.92 Å². The molecule has 0 radical (unpaired) electrons. The van der Waals surface area contributed by atoms with Crippen LogP contribution < -0.4 is 20.9 Å². The minimum atomic E-state index is 0. The molecule has 148 valence electrons. The molecule has 8 heteroatoms. The Balaban J connectivity index is 0.00000280. The molecule has 0 fully saturated rings. The molecule has 0 atom stereocenters. The number of hydrogen-bond acceptors (Lipinski definition) is 6. The molecule has 3 rings (SSSR count). The lowest BCUT2D eigenvalue weighted by Crippen LogP contribution is -2.10. The largest absolute Gasteiger partial charge is 0.493 e. The van der Waals surface area contributed by atoms with E-state index < -0.39 is 0 Å². The number of nitrogens with two attached hydrogens (primary N) is 2. The smallest absolute Gasteiger partial charge is 0.222 e. The van der Waals surface area contributed by atoms with Crippen molar-refractivity contribution in [2.45, 2.75) is 13.3 Å². The summed E-state index contributed by atoms with van der Waals surface area (Å²) in [6.07, 6.45) is 0.697. The Hall–Kier alpha value is -2.70. The zero-order valence-electron chi connectivity index (χ0n) is 15.4. The lowest BCUT2D eigenvalue weighted by Gasteiger charge is -2.11. The topological polar surface area (TPSA) is 96.3 Å². The molecule has 0 saturated heterocycles.